The number of hydrogen-bond donors (Lipinski definition) is 2. The molecular weight excluding hydrogens is 190 g/mol. The number of benzene rings is 1. The molecule has 88 valence electrons. The molecule has 0 saturated carbocycles. The summed E-state index contributed by atoms with van der Waals surface area (Å²) in [4.78, 5) is 10.0. The molecule has 0 aliphatic heterocycles. The normalized spacial score (nSPS) is 6.53. The number of carbonyl (C=O) groups excluding carboxylic acids is 1. The summed E-state index contributed by atoms with van der Waals surface area (Å²) >= 11 is 0. The molecule has 3 N–H and O–H groups in total. The average molecular weight is 213 g/mol. The Morgan fingerprint density at radius 2 is 1.33 bits per heavy atom. The molecule has 1 aromatic carbocycles. The Balaban J connectivity index is -0.000000208. The Morgan fingerprint density at radius 3 is 1.60 bits per heavy atom. The van der Waals surface area contributed by atoms with Gasteiger partial charge < -0.3 is 10.8 Å². The van der Waals surface area contributed by atoms with Crippen LogP contribution in [-0.4, -0.2) is 18.4 Å². The van der Waals surface area contributed by atoms with Crippen molar-refractivity contribution in [2.45, 2.75) is 27.7 Å². The van der Waals surface area contributed by atoms with Crippen LogP contribution in [0.25, 0.3) is 0 Å². The summed E-state index contributed by atoms with van der Waals surface area (Å²) in [6.45, 7) is 8.00. The van der Waals surface area contributed by atoms with Gasteiger partial charge in [0, 0.05) is 5.56 Å². The van der Waals surface area contributed by atoms with Crippen molar-refractivity contribution in [2.24, 2.45) is 5.73 Å². The summed E-state index contributed by atoms with van der Waals surface area (Å²) in [6.07, 6.45) is 0.736. The minimum absolute atomic E-state index is 0.181. The van der Waals surface area contributed by atoms with Gasteiger partial charge in [-0.15, -0.1) is 0 Å². The molecule has 0 aliphatic carbocycles. The van der Waals surface area contributed by atoms with Gasteiger partial charge in [0.2, 0.25) is 0 Å². The molecule has 0 unspecified atom stereocenters. The molecule has 3 heteroatoms. The van der Waals surface area contributed by atoms with Crippen molar-refractivity contribution in [1.82, 2.24) is 0 Å². The summed E-state index contributed by atoms with van der Waals surface area (Å²) in [5.74, 6) is 0.181. The first kappa shape index (κ1) is 19.3. The van der Waals surface area contributed by atoms with Gasteiger partial charge >= 0.3 is 0 Å². The number of phenols is 1. The van der Waals surface area contributed by atoms with Crippen molar-refractivity contribution in [3.63, 3.8) is 0 Å². The van der Waals surface area contributed by atoms with E-state index in [1.165, 1.54) is 19.2 Å². The molecular formula is C12H23NO2. The van der Waals surface area contributed by atoms with Crippen LogP contribution >= 0.6 is 0 Å². The van der Waals surface area contributed by atoms with Gasteiger partial charge in [0.15, 0.2) is 0 Å². The number of aromatic hydroxyl groups is 1. The van der Waals surface area contributed by atoms with E-state index in [0.717, 1.165) is 6.29 Å². The smallest absolute Gasteiger partial charge is 0.150 e. The molecule has 1 aromatic rings. The zero-order chi connectivity index (χ0) is 12.7. The van der Waals surface area contributed by atoms with E-state index in [9.17, 15) is 4.79 Å². The number of rotatable bonds is 1. The van der Waals surface area contributed by atoms with E-state index >= 15 is 0 Å². The van der Waals surface area contributed by atoms with Crippen LogP contribution in [0.2, 0.25) is 0 Å². The predicted molar refractivity (Wildman–Crippen MR) is 66.3 cm³/mol. The van der Waals surface area contributed by atoms with E-state index in [1.807, 2.05) is 27.7 Å². The maximum absolute atomic E-state index is 10.0. The summed E-state index contributed by atoms with van der Waals surface area (Å²) < 4.78 is 0. The van der Waals surface area contributed by atoms with E-state index in [0.29, 0.717) is 5.56 Å². The third kappa shape index (κ3) is 12.6. The van der Waals surface area contributed by atoms with Gasteiger partial charge in [0.1, 0.15) is 12.0 Å². The number of aldehydes is 1. The van der Waals surface area contributed by atoms with Gasteiger partial charge in [-0.1, -0.05) is 27.7 Å². The third-order valence-electron chi connectivity index (χ3n) is 1.03. The Kier molecular flexibility index (Phi) is 23.7. The molecule has 0 amide bonds. The first-order valence-electron chi connectivity index (χ1n) is 5.15. The molecule has 0 saturated heterocycles. The molecule has 0 atom stereocenters. The number of carbonyl (C=O) groups is 1. The third-order valence-corrected chi connectivity index (χ3v) is 1.03. The molecule has 0 fully saturated rings. The molecule has 0 aromatic heterocycles. The van der Waals surface area contributed by atoms with Gasteiger partial charge in [-0.3, -0.25) is 4.79 Å². The Hall–Kier alpha value is -1.35. The summed E-state index contributed by atoms with van der Waals surface area (Å²) in [6, 6.07) is 6.07. The Bertz CT molecular complexity index is 207. The number of phenolic OH excluding ortho intramolecular Hbond substituents is 1. The Labute approximate surface area is 92.9 Å². The van der Waals surface area contributed by atoms with Crippen molar-refractivity contribution in [1.29, 1.82) is 0 Å². The molecule has 0 spiro atoms. The number of nitrogens with two attached hydrogens (primary N) is 1. The fourth-order valence-electron chi connectivity index (χ4n) is 0.553. The van der Waals surface area contributed by atoms with Gasteiger partial charge in [-0.2, -0.15) is 0 Å². The monoisotopic (exact) mass is 213 g/mol. The highest BCUT2D eigenvalue weighted by Gasteiger charge is 1.86. The lowest BCUT2D eigenvalue weighted by Crippen LogP contribution is -1.74. The van der Waals surface area contributed by atoms with Crippen molar-refractivity contribution in [3.8, 4) is 5.75 Å². The van der Waals surface area contributed by atoms with Gasteiger partial charge in [0.05, 0.1) is 0 Å². The number of hydrogen-bond acceptors (Lipinski definition) is 3. The summed E-state index contributed by atoms with van der Waals surface area (Å²) in [5, 5.41) is 8.74. The lowest BCUT2D eigenvalue weighted by atomic mass is 10.2. The van der Waals surface area contributed by atoms with E-state index in [-0.39, 0.29) is 5.75 Å². The van der Waals surface area contributed by atoms with Crippen molar-refractivity contribution in [2.75, 3.05) is 7.05 Å². The average Bonchev–Trinajstić information content (AvgIpc) is 2.38. The minimum atomic E-state index is 0.181. The fourth-order valence-corrected chi connectivity index (χ4v) is 0.553. The van der Waals surface area contributed by atoms with Crippen LogP contribution in [0.4, 0.5) is 0 Å². The predicted octanol–water partition coefficient (Wildman–Crippen LogP) is 2.83. The lowest BCUT2D eigenvalue weighted by Gasteiger charge is -1.88. The molecule has 0 aliphatic rings. The molecule has 3 nitrogen and oxygen atoms in total. The van der Waals surface area contributed by atoms with E-state index in [2.05, 4.69) is 5.73 Å². The first-order chi connectivity index (χ1) is 7.33. The van der Waals surface area contributed by atoms with Crippen molar-refractivity contribution >= 4 is 6.29 Å². The second-order valence-electron chi connectivity index (χ2n) is 1.71. The highest BCUT2D eigenvalue weighted by molar-refractivity contribution is 5.74. The van der Waals surface area contributed by atoms with Gasteiger partial charge in [-0.05, 0) is 31.3 Å². The van der Waals surface area contributed by atoms with Crippen LogP contribution in [0.15, 0.2) is 24.3 Å². The lowest BCUT2D eigenvalue weighted by molar-refractivity contribution is 0.112. The zero-order valence-electron chi connectivity index (χ0n) is 10.3. The van der Waals surface area contributed by atoms with Crippen LogP contribution in [-0.2, 0) is 0 Å². The molecule has 15 heavy (non-hydrogen) atoms. The first-order valence-corrected chi connectivity index (χ1v) is 5.15. The van der Waals surface area contributed by atoms with Gasteiger partial charge in [-0.25, -0.2) is 0 Å². The summed E-state index contributed by atoms with van der Waals surface area (Å²) in [5.41, 5.74) is 5.08. The van der Waals surface area contributed by atoms with Crippen LogP contribution < -0.4 is 5.73 Å². The molecule has 0 bridgehead atoms. The van der Waals surface area contributed by atoms with Crippen molar-refractivity contribution < 1.29 is 9.90 Å². The van der Waals surface area contributed by atoms with Crippen LogP contribution in [0.5, 0.6) is 5.75 Å². The van der Waals surface area contributed by atoms with Crippen LogP contribution in [0.1, 0.15) is 38.1 Å². The Morgan fingerprint density at radius 1 is 1.00 bits per heavy atom. The standard InChI is InChI=1S/C7H6O2.2C2H6.CH5N/c8-5-6-1-3-7(9)4-2-6;3*1-2/h1-5,9H;2*1-2H3;2H2,1H3. The second kappa shape index (κ2) is 18.4. The zero-order valence-corrected chi connectivity index (χ0v) is 10.3. The van der Waals surface area contributed by atoms with Crippen LogP contribution in [0, 0.1) is 0 Å². The maximum atomic E-state index is 10.0. The largest absolute Gasteiger partial charge is 0.508 e. The quantitative estimate of drug-likeness (QED) is 0.705. The SMILES string of the molecule is CC.CC.CN.O=Cc1ccc(O)cc1. The summed E-state index contributed by atoms with van der Waals surface area (Å²) in [7, 11) is 1.50. The molecule has 0 radical (unpaired) electrons. The van der Waals surface area contributed by atoms with E-state index in [4.69, 9.17) is 5.11 Å². The molecule has 1 rings (SSSR count). The van der Waals surface area contributed by atoms with E-state index < -0.39 is 0 Å². The van der Waals surface area contributed by atoms with E-state index in [1.54, 1.807) is 12.1 Å². The maximum Gasteiger partial charge on any atom is 0.150 e. The second-order valence-corrected chi connectivity index (χ2v) is 1.71. The minimum Gasteiger partial charge on any atom is -0.508 e. The van der Waals surface area contributed by atoms with Gasteiger partial charge in [0.25, 0.3) is 0 Å². The topological polar surface area (TPSA) is 63.3 Å². The molecule has 0 heterocycles. The van der Waals surface area contributed by atoms with Crippen molar-refractivity contribution in [3.05, 3.63) is 29.8 Å². The highest BCUT2D eigenvalue weighted by atomic mass is 16.3. The fraction of sp³-hybridized carbons (Fsp3) is 0.417. The van der Waals surface area contributed by atoms with Crippen LogP contribution in [0.3, 0.4) is 0 Å². The highest BCUT2D eigenvalue weighted by Crippen LogP contribution is 2.07.